The lowest BCUT2D eigenvalue weighted by atomic mass is 9.96. The smallest absolute Gasteiger partial charge is 0.306 e. The Balaban J connectivity index is 2.33. The lowest BCUT2D eigenvalue weighted by Gasteiger charge is -2.19. The molecule has 3 atom stereocenters. The molecular formula is C13H22N2O3. The quantitative estimate of drug-likeness (QED) is 0.586. The minimum Gasteiger partial charge on any atom is -0.481 e. The van der Waals surface area contributed by atoms with Crippen molar-refractivity contribution in [3.63, 3.8) is 0 Å². The Morgan fingerprint density at radius 1 is 1.50 bits per heavy atom. The van der Waals surface area contributed by atoms with Crippen LogP contribution in [0, 0.1) is 11.8 Å². The van der Waals surface area contributed by atoms with E-state index in [9.17, 15) is 9.59 Å². The standard InChI is InChI=1S/C13H22N2O3/c1-3-7-14-12(16)9(2)15-8-10-5-4-6-11(10)13(17)18/h3,9-11,15H,1,4-8H2,2H3,(H,14,16)(H,17,18). The summed E-state index contributed by atoms with van der Waals surface area (Å²) < 4.78 is 0. The summed E-state index contributed by atoms with van der Waals surface area (Å²) in [7, 11) is 0. The molecule has 1 aliphatic rings. The van der Waals surface area contributed by atoms with Crippen molar-refractivity contribution in [2.75, 3.05) is 13.1 Å². The fourth-order valence-corrected chi connectivity index (χ4v) is 2.35. The number of hydrogen-bond donors (Lipinski definition) is 3. The van der Waals surface area contributed by atoms with Crippen molar-refractivity contribution in [2.45, 2.75) is 32.2 Å². The largest absolute Gasteiger partial charge is 0.481 e. The van der Waals surface area contributed by atoms with Crippen LogP contribution < -0.4 is 10.6 Å². The summed E-state index contributed by atoms with van der Waals surface area (Å²) in [6.07, 6.45) is 4.26. The van der Waals surface area contributed by atoms with Crippen LogP contribution in [0.5, 0.6) is 0 Å². The van der Waals surface area contributed by atoms with Crippen molar-refractivity contribution in [3.05, 3.63) is 12.7 Å². The maximum atomic E-state index is 11.6. The molecule has 0 aromatic heterocycles. The molecule has 0 spiro atoms. The van der Waals surface area contributed by atoms with Gasteiger partial charge in [0.05, 0.1) is 12.0 Å². The van der Waals surface area contributed by atoms with E-state index < -0.39 is 5.97 Å². The highest BCUT2D eigenvalue weighted by Crippen LogP contribution is 2.31. The summed E-state index contributed by atoms with van der Waals surface area (Å²) in [5.74, 6) is -0.930. The lowest BCUT2D eigenvalue weighted by molar-refractivity contribution is -0.142. The molecule has 5 heteroatoms. The lowest BCUT2D eigenvalue weighted by Crippen LogP contribution is -2.44. The average Bonchev–Trinajstić information content (AvgIpc) is 2.81. The first kappa shape index (κ1) is 14.7. The highest BCUT2D eigenvalue weighted by Gasteiger charge is 2.32. The first-order valence-electron chi connectivity index (χ1n) is 6.41. The first-order valence-corrected chi connectivity index (χ1v) is 6.41. The average molecular weight is 254 g/mol. The number of nitrogens with one attached hydrogen (secondary N) is 2. The maximum Gasteiger partial charge on any atom is 0.306 e. The summed E-state index contributed by atoms with van der Waals surface area (Å²) in [6, 6.07) is -0.306. The van der Waals surface area contributed by atoms with Crippen LogP contribution in [0.2, 0.25) is 0 Å². The second-order valence-corrected chi connectivity index (χ2v) is 4.80. The monoisotopic (exact) mass is 254 g/mol. The number of carboxylic acids is 1. The molecule has 1 saturated carbocycles. The van der Waals surface area contributed by atoms with Crippen molar-refractivity contribution in [3.8, 4) is 0 Å². The van der Waals surface area contributed by atoms with Crippen LogP contribution in [0.1, 0.15) is 26.2 Å². The van der Waals surface area contributed by atoms with Gasteiger partial charge in [0.25, 0.3) is 0 Å². The van der Waals surface area contributed by atoms with Crippen LogP contribution in [0.15, 0.2) is 12.7 Å². The molecule has 0 radical (unpaired) electrons. The van der Waals surface area contributed by atoms with Gasteiger partial charge in [0.2, 0.25) is 5.91 Å². The zero-order valence-corrected chi connectivity index (χ0v) is 10.8. The van der Waals surface area contributed by atoms with Gasteiger partial charge in [-0.15, -0.1) is 6.58 Å². The van der Waals surface area contributed by atoms with E-state index in [-0.39, 0.29) is 23.8 Å². The Morgan fingerprint density at radius 3 is 2.83 bits per heavy atom. The molecule has 5 nitrogen and oxygen atoms in total. The van der Waals surface area contributed by atoms with Gasteiger partial charge in [-0.25, -0.2) is 0 Å². The van der Waals surface area contributed by atoms with Crippen molar-refractivity contribution < 1.29 is 14.7 Å². The van der Waals surface area contributed by atoms with Crippen LogP contribution >= 0.6 is 0 Å². The topological polar surface area (TPSA) is 78.4 Å². The molecule has 0 aromatic rings. The molecule has 18 heavy (non-hydrogen) atoms. The van der Waals surface area contributed by atoms with E-state index >= 15 is 0 Å². The number of carboxylic acid groups (broad SMARTS) is 1. The predicted molar refractivity (Wildman–Crippen MR) is 69.1 cm³/mol. The van der Waals surface area contributed by atoms with E-state index in [1.54, 1.807) is 13.0 Å². The van der Waals surface area contributed by atoms with Gasteiger partial charge < -0.3 is 15.7 Å². The first-order chi connectivity index (χ1) is 8.56. The Kier molecular flexibility index (Phi) is 5.85. The predicted octanol–water partition coefficient (Wildman–Crippen LogP) is 0.768. The van der Waals surface area contributed by atoms with E-state index in [4.69, 9.17) is 5.11 Å². The van der Waals surface area contributed by atoms with Crippen LogP contribution in [-0.2, 0) is 9.59 Å². The third-order valence-corrected chi connectivity index (χ3v) is 3.48. The zero-order valence-electron chi connectivity index (χ0n) is 10.8. The number of hydrogen-bond acceptors (Lipinski definition) is 3. The van der Waals surface area contributed by atoms with E-state index in [2.05, 4.69) is 17.2 Å². The van der Waals surface area contributed by atoms with E-state index in [0.29, 0.717) is 13.1 Å². The highest BCUT2D eigenvalue weighted by molar-refractivity contribution is 5.81. The molecule has 0 aliphatic heterocycles. The molecule has 3 N–H and O–H groups in total. The second-order valence-electron chi connectivity index (χ2n) is 4.80. The molecule has 1 fully saturated rings. The summed E-state index contributed by atoms with van der Waals surface area (Å²) in [6.45, 7) is 6.34. The minimum absolute atomic E-state index is 0.0835. The summed E-state index contributed by atoms with van der Waals surface area (Å²) >= 11 is 0. The Bertz CT molecular complexity index is 317. The van der Waals surface area contributed by atoms with Crippen molar-refractivity contribution in [1.29, 1.82) is 0 Å². The zero-order chi connectivity index (χ0) is 13.5. The fourth-order valence-electron chi connectivity index (χ4n) is 2.35. The van der Waals surface area contributed by atoms with Crippen molar-refractivity contribution in [2.24, 2.45) is 11.8 Å². The number of carbonyl (C=O) groups excluding carboxylic acids is 1. The fraction of sp³-hybridized carbons (Fsp3) is 0.692. The molecule has 3 unspecified atom stereocenters. The van der Waals surface area contributed by atoms with E-state index in [1.165, 1.54) is 0 Å². The molecule has 1 rings (SSSR count). The number of carbonyl (C=O) groups is 2. The van der Waals surface area contributed by atoms with Gasteiger partial charge in [0, 0.05) is 6.54 Å². The third-order valence-electron chi connectivity index (χ3n) is 3.48. The molecule has 0 bridgehead atoms. The van der Waals surface area contributed by atoms with Crippen LogP contribution in [0.25, 0.3) is 0 Å². The molecule has 1 aliphatic carbocycles. The van der Waals surface area contributed by atoms with Gasteiger partial charge in [0.1, 0.15) is 0 Å². The van der Waals surface area contributed by atoms with Gasteiger partial charge in [-0.2, -0.15) is 0 Å². The summed E-state index contributed by atoms with van der Waals surface area (Å²) in [4.78, 5) is 22.6. The highest BCUT2D eigenvalue weighted by atomic mass is 16.4. The Labute approximate surface area is 108 Å². The van der Waals surface area contributed by atoms with Gasteiger partial charge in [-0.3, -0.25) is 9.59 Å². The van der Waals surface area contributed by atoms with Crippen LogP contribution in [0.4, 0.5) is 0 Å². The number of amides is 1. The Hall–Kier alpha value is -1.36. The molecule has 1 amide bonds. The van der Waals surface area contributed by atoms with Crippen LogP contribution in [-0.4, -0.2) is 36.1 Å². The van der Waals surface area contributed by atoms with Gasteiger partial charge in [-0.1, -0.05) is 12.5 Å². The molecular weight excluding hydrogens is 232 g/mol. The van der Waals surface area contributed by atoms with Crippen LogP contribution in [0.3, 0.4) is 0 Å². The van der Waals surface area contributed by atoms with Crippen molar-refractivity contribution in [1.82, 2.24) is 10.6 Å². The number of aliphatic carboxylic acids is 1. The van der Waals surface area contributed by atoms with E-state index in [0.717, 1.165) is 19.3 Å². The molecule has 0 saturated heterocycles. The summed E-state index contributed by atoms with van der Waals surface area (Å²) in [5, 5.41) is 14.9. The van der Waals surface area contributed by atoms with Gasteiger partial charge in [-0.05, 0) is 32.2 Å². The van der Waals surface area contributed by atoms with Gasteiger partial charge >= 0.3 is 5.97 Å². The third kappa shape index (κ3) is 4.14. The molecule has 0 aromatic carbocycles. The second kappa shape index (κ2) is 7.16. The van der Waals surface area contributed by atoms with Crippen molar-refractivity contribution >= 4 is 11.9 Å². The van der Waals surface area contributed by atoms with E-state index in [1.807, 2.05) is 0 Å². The SMILES string of the molecule is C=CCNC(=O)C(C)NCC1CCCC1C(=O)O. The molecule has 102 valence electrons. The Morgan fingerprint density at radius 2 is 2.22 bits per heavy atom. The summed E-state index contributed by atoms with van der Waals surface area (Å²) in [5.41, 5.74) is 0. The maximum absolute atomic E-state index is 11.6. The number of rotatable bonds is 7. The van der Waals surface area contributed by atoms with Gasteiger partial charge in [0.15, 0.2) is 0 Å². The normalized spacial score (nSPS) is 24.5. The molecule has 0 heterocycles. The minimum atomic E-state index is -0.719.